The van der Waals surface area contributed by atoms with Gasteiger partial charge in [0.05, 0.1) is 11.8 Å². The van der Waals surface area contributed by atoms with Gasteiger partial charge in [-0.25, -0.2) is 4.79 Å². The Bertz CT molecular complexity index is 4110. The van der Waals surface area contributed by atoms with Crippen molar-refractivity contribution >= 4 is 108 Å². The molecule has 5 heterocycles. The van der Waals surface area contributed by atoms with Gasteiger partial charge in [0.15, 0.2) is 0 Å². The number of benzene rings is 9. The van der Waals surface area contributed by atoms with E-state index in [-0.39, 0.29) is 55.1 Å². The number of para-hydroxylation sites is 3. The molecule has 0 aromatic heterocycles. The van der Waals surface area contributed by atoms with Crippen LogP contribution in [0.2, 0.25) is 0 Å². The number of aliphatic carboxylic acids is 1. The van der Waals surface area contributed by atoms with Crippen molar-refractivity contribution in [2.24, 2.45) is 17.8 Å². The number of likely N-dealkylation sites (tertiary alicyclic amines) is 2. The maximum Gasteiger partial charge on any atom is 0.319 e. The first-order chi connectivity index (χ1) is 45.3. The number of carboxylic acids is 1. The highest BCUT2D eigenvalue weighted by molar-refractivity contribution is 6.10. The summed E-state index contributed by atoms with van der Waals surface area (Å²) in [5, 5.41) is 26.5. The molecule has 5 N–H and O–H groups in total. The number of fused-ring (bicyclic) bond motifs is 3. The van der Waals surface area contributed by atoms with E-state index in [0.717, 1.165) is 69.4 Å². The van der Waals surface area contributed by atoms with E-state index in [1.54, 1.807) is 52.3 Å². The number of anilines is 4. The molecule has 0 saturated carbocycles. The van der Waals surface area contributed by atoms with Crippen LogP contribution in [0.5, 0.6) is 0 Å². The predicted octanol–water partition coefficient (Wildman–Crippen LogP) is 9.52. The predicted molar refractivity (Wildman–Crippen MR) is 356 cm³/mol. The summed E-state index contributed by atoms with van der Waals surface area (Å²) in [5.74, 6) is -5.13. The third-order valence-electron chi connectivity index (χ3n) is 17.8. The van der Waals surface area contributed by atoms with Crippen LogP contribution in [-0.2, 0) is 28.8 Å². The second-order valence-electron chi connectivity index (χ2n) is 23.7. The van der Waals surface area contributed by atoms with Gasteiger partial charge in [-0.2, -0.15) is 0 Å². The number of amides is 9. The van der Waals surface area contributed by atoms with Crippen molar-refractivity contribution in [2.75, 3.05) is 65.8 Å². The van der Waals surface area contributed by atoms with Crippen molar-refractivity contribution in [3.63, 3.8) is 0 Å². The molecule has 9 aromatic rings. The molecule has 9 aromatic carbocycles. The number of carbonyl (C=O) groups excluding carboxylic acids is 8. The largest absolute Gasteiger partial charge is 0.481 e. The average molecular weight is 1240 g/mol. The molecule has 0 bridgehead atoms. The molecule has 0 radical (unpaired) electrons. The summed E-state index contributed by atoms with van der Waals surface area (Å²) in [6.07, 6.45) is 3.90. The summed E-state index contributed by atoms with van der Waals surface area (Å²) in [5.41, 5.74) is 3.57. The number of urea groups is 1. The maximum atomic E-state index is 13.4. The monoisotopic (exact) mass is 1240 g/mol. The fourth-order valence-electron chi connectivity index (χ4n) is 12.9. The van der Waals surface area contributed by atoms with Crippen LogP contribution in [0.15, 0.2) is 218 Å². The van der Waals surface area contributed by atoms with E-state index in [4.69, 9.17) is 0 Å². The lowest BCUT2D eigenvalue weighted by molar-refractivity contribution is -0.142. The van der Waals surface area contributed by atoms with E-state index < -0.39 is 53.8 Å². The van der Waals surface area contributed by atoms with Crippen molar-refractivity contribution in [3.8, 4) is 0 Å². The van der Waals surface area contributed by atoms with Gasteiger partial charge in [-0.05, 0) is 131 Å². The maximum absolute atomic E-state index is 13.4. The minimum absolute atomic E-state index is 0.000892. The lowest BCUT2D eigenvalue weighted by Gasteiger charge is -2.23. The van der Waals surface area contributed by atoms with Gasteiger partial charge in [0.2, 0.25) is 23.6 Å². The molecule has 19 heteroatoms. The summed E-state index contributed by atoms with van der Waals surface area (Å²) < 4.78 is 0. The van der Waals surface area contributed by atoms with E-state index in [9.17, 15) is 48.3 Å². The first-order valence-electron chi connectivity index (χ1n) is 31.3. The van der Waals surface area contributed by atoms with E-state index in [0.29, 0.717) is 48.7 Å². The molecule has 6 atom stereocenters. The first-order valence-corrected chi connectivity index (χ1v) is 31.3. The van der Waals surface area contributed by atoms with Crippen molar-refractivity contribution < 1.29 is 48.3 Å². The second kappa shape index (κ2) is 27.9. The summed E-state index contributed by atoms with van der Waals surface area (Å²) in [7, 11) is 0. The van der Waals surface area contributed by atoms with Crippen molar-refractivity contribution in [1.29, 1.82) is 0 Å². The van der Waals surface area contributed by atoms with Crippen LogP contribution in [0.1, 0.15) is 46.4 Å². The molecule has 5 aliphatic heterocycles. The molecule has 0 aliphatic carbocycles. The zero-order valence-corrected chi connectivity index (χ0v) is 50.9. The quantitative estimate of drug-likeness (QED) is 0.0776. The number of carbonyl (C=O) groups is 9. The SMILES string of the molecule is O=C(N[C@@H]1C(=O)N(c2ccccc2)C[C@@H]1C(=O)N1CCCC1)c1ccc2ccccc2c1.O=C(N[C@@H]1C(=O)N(c2ccccc2)C[C@H]1C(=O)N1CCCC1)c1ccc2ccccc2c1.O=C(Nc1ccc2ccccc2c1)N[C@@H]1C(=O)N(c2ccccc2)C[C@H]1C(=O)O. The molecule has 470 valence electrons. The minimum atomic E-state index is -1.15. The zero-order chi connectivity index (χ0) is 64.5. The van der Waals surface area contributed by atoms with Crippen molar-refractivity contribution in [3.05, 3.63) is 230 Å². The number of hydrogen-bond donors (Lipinski definition) is 5. The van der Waals surface area contributed by atoms with E-state index in [1.165, 1.54) is 4.90 Å². The Morgan fingerprint density at radius 1 is 0.355 bits per heavy atom. The highest BCUT2D eigenvalue weighted by Gasteiger charge is 2.50. The van der Waals surface area contributed by atoms with Crippen molar-refractivity contribution in [1.82, 2.24) is 25.8 Å². The van der Waals surface area contributed by atoms with Gasteiger partial charge >= 0.3 is 12.0 Å². The Balaban J connectivity index is 0.000000134. The topological polar surface area (TPSA) is 238 Å². The Labute approximate surface area is 536 Å². The zero-order valence-electron chi connectivity index (χ0n) is 50.9. The number of nitrogens with zero attached hydrogens (tertiary/aromatic N) is 5. The van der Waals surface area contributed by atoms with Crippen LogP contribution in [-0.4, -0.2) is 132 Å². The van der Waals surface area contributed by atoms with Gasteiger partial charge < -0.3 is 50.9 Å². The third-order valence-corrected chi connectivity index (χ3v) is 17.8. The van der Waals surface area contributed by atoms with Crippen LogP contribution in [0.4, 0.5) is 27.5 Å². The molecule has 5 fully saturated rings. The minimum Gasteiger partial charge on any atom is -0.481 e. The van der Waals surface area contributed by atoms with Gasteiger partial charge in [-0.3, -0.25) is 38.4 Å². The Hall–Kier alpha value is -11.2. The Morgan fingerprint density at radius 3 is 1.05 bits per heavy atom. The van der Waals surface area contributed by atoms with Crippen molar-refractivity contribution in [2.45, 2.75) is 43.8 Å². The van der Waals surface area contributed by atoms with Gasteiger partial charge in [0.1, 0.15) is 24.0 Å². The molecule has 19 nitrogen and oxygen atoms in total. The van der Waals surface area contributed by atoms with E-state index in [1.807, 2.05) is 186 Å². The Morgan fingerprint density at radius 2 is 0.677 bits per heavy atom. The summed E-state index contributed by atoms with van der Waals surface area (Å²) >= 11 is 0. The summed E-state index contributed by atoms with van der Waals surface area (Å²) in [4.78, 5) is 125. The molecule has 0 unspecified atom stereocenters. The fraction of sp³-hybridized carbons (Fsp3) is 0.230. The van der Waals surface area contributed by atoms with Gasteiger partial charge in [0.25, 0.3) is 17.7 Å². The number of nitrogens with one attached hydrogen (secondary N) is 4. The van der Waals surface area contributed by atoms with Gasteiger partial charge in [-0.1, -0.05) is 146 Å². The molecule has 5 saturated heterocycles. The lowest BCUT2D eigenvalue weighted by atomic mass is 10.0. The fourth-order valence-corrected chi connectivity index (χ4v) is 12.9. The van der Waals surface area contributed by atoms with E-state index >= 15 is 0 Å². The highest BCUT2D eigenvalue weighted by Crippen LogP contribution is 2.32. The third kappa shape index (κ3) is 13.8. The number of carboxylic acid groups (broad SMARTS) is 1. The van der Waals surface area contributed by atoms with E-state index in [2.05, 4.69) is 21.3 Å². The lowest BCUT2D eigenvalue weighted by Crippen LogP contribution is -2.48. The second-order valence-corrected chi connectivity index (χ2v) is 23.7. The molecule has 14 rings (SSSR count). The summed E-state index contributed by atoms with van der Waals surface area (Å²) in [6.45, 7) is 3.36. The molecule has 0 spiro atoms. The highest BCUT2D eigenvalue weighted by atomic mass is 16.4. The first kappa shape index (κ1) is 62.0. The smallest absolute Gasteiger partial charge is 0.319 e. The molecule has 5 aliphatic rings. The van der Waals surface area contributed by atoms with Crippen LogP contribution >= 0.6 is 0 Å². The van der Waals surface area contributed by atoms with Crippen LogP contribution in [0, 0.1) is 17.8 Å². The molecular formula is C74H69N9O10. The normalized spacial score (nSPS) is 20.0. The van der Waals surface area contributed by atoms with Crippen LogP contribution in [0.25, 0.3) is 32.3 Å². The van der Waals surface area contributed by atoms with Crippen LogP contribution in [0.3, 0.4) is 0 Å². The molecular weight excluding hydrogens is 1170 g/mol. The molecule has 93 heavy (non-hydrogen) atoms. The number of rotatable bonds is 12. The molecule has 9 amide bonds. The number of hydrogen-bond acceptors (Lipinski definition) is 9. The summed E-state index contributed by atoms with van der Waals surface area (Å²) in [6, 6.07) is 63.6. The Kier molecular flexibility index (Phi) is 18.6. The van der Waals surface area contributed by atoms with Gasteiger partial charge in [-0.15, -0.1) is 0 Å². The average Bonchev–Trinajstić information content (AvgIpc) is 1.68. The standard InChI is InChI=1S/2C26H25N3O3.C22H19N3O4/c2*30-24(20-13-12-18-8-4-5-9-19(18)16-20)27-23-22(25(31)28-14-6-7-15-28)17-29(26(23)32)21-10-2-1-3-11-21;26-20-19(18(21(27)28)13-25(20)17-8-2-1-3-9-17)24-22(29)23-16-11-10-14-6-4-5-7-15(14)12-16/h2*1-5,8-13,16,22-23H,6-7,14-15,17H2,(H,27,30);1-12,18-19H,13H2,(H,27,28)(H2,23,24,29)/t22-,23+;22-,23-;18-,19+/m101/s1. The van der Waals surface area contributed by atoms with Gasteiger partial charge in [0, 0.05) is 79.7 Å². The van der Waals surface area contributed by atoms with Crippen LogP contribution < -0.4 is 36.0 Å².